The van der Waals surface area contributed by atoms with Gasteiger partial charge in [0, 0.05) is 6.08 Å². The van der Waals surface area contributed by atoms with Crippen LogP contribution in [0.1, 0.15) is 57.7 Å². The van der Waals surface area contributed by atoms with Crippen molar-refractivity contribution in [2.75, 3.05) is 0 Å². The van der Waals surface area contributed by atoms with Crippen LogP contribution in [0.2, 0.25) is 0 Å². The zero-order chi connectivity index (χ0) is 22.9. The van der Waals surface area contributed by atoms with Crippen molar-refractivity contribution >= 4 is 18.1 Å². The smallest absolute Gasteiger partial charge is 0.335 e. The van der Waals surface area contributed by atoms with E-state index in [0.29, 0.717) is 18.1 Å². The Morgan fingerprint density at radius 3 is 1.93 bits per heavy atom. The molecule has 0 bridgehead atoms. The predicted molar refractivity (Wildman–Crippen MR) is 130 cm³/mol. The van der Waals surface area contributed by atoms with E-state index in [0.717, 1.165) is 28.7 Å². The van der Waals surface area contributed by atoms with Crippen LogP contribution in [-0.2, 0) is 11.4 Å². The van der Waals surface area contributed by atoms with E-state index in [1.54, 1.807) is 36.4 Å². The number of carbonyl (C=O) groups excluding carboxylic acids is 1. The molecule has 30 heavy (non-hydrogen) atoms. The van der Waals surface area contributed by atoms with Crippen molar-refractivity contribution < 1.29 is 14.3 Å². The van der Waals surface area contributed by atoms with Gasteiger partial charge in [0.1, 0.15) is 18.1 Å². The highest BCUT2D eigenvalue weighted by Gasteiger charge is 2.02. The molecular formula is C27H36O3. The molecule has 0 aromatic heterocycles. The lowest BCUT2D eigenvalue weighted by Gasteiger charge is -2.09. The van der Waals surface area contributed by atoms with Gasteiger partial charge in [-0.05, 0) is 52.9 Å². The van der Waals surface area contributed by atoms with E-state index in [4.69, 9.17) is 9.47 Å². The summed E-state index contributed by atoms with van der Waals surface area (Å²) in [6.07, 6.45) is 6.02. The summed E-state index contributed by atoms with van der Waals surface area (Å²) in [5.41, 5.74) is 3.09. The Morgan fingerprint density at radius 2 is 1.47 bits per heavy atom. The lowest BCUT2D eigenvalue weighted by Crippen LogP contribution is -2.03. The van der Waals surface area contributed by atoms with E-state index in [9.17, 15) is 4.79 Å². The summed E-state index contributed by atoms with van der Waals surface area (Å²) < 4.78 is 10.7. The van der Waals surface area contributed by atoms with Crippen molar-refractivity contribution in [2.45, 2.75) is 47.6 Å². The highest BCUT2D eigenvalue weighted by molar-refractivity contribution is 5.83. The van der Waals surface area contributed by atoms with Gasteiger partial charge in [-0.2, -0.15) is 0 Å². The second-order valence-corrected chi connectivity index (χ2v) is 6.56. The first-order chi connectivity index (χ1) is 14.4. The fraction of sp³-hybridized carbons (Fsp3) is 0.296. The quantitative estimate of drug-likeness (QED) is 0.255. The van der Waals surface area contributed by atoms with Gasteiger partial charge in [0.25, 0.3) is 0 Å². The first-order valence-electron chi connectivity index (χ1n) is 10.4. The summed E-state index contributed by atoms with van der Waals surface area (Å²) in [7, 11) is 0. The average Bonchev–Trinajstić information content (AvgIpc) is 2.79. The summed E-state index contributed by atoms with van der Waals surface area (Å²) in [5, 5.41) is 0. The largest absolute Gasteiger partial charge is 0.489 e. The molecule has 0 saturated carbocycles. The van der Waals surface area contributed by atoms with Crippen LogP contribution in [0.15, 0.2) is 68.3 Å². The van der Waals surface area contributed by atoms with Crippen molar-refractivity contribution in [1.82, 2.24) is 0 Å². The molecule has 0 radical (unpaired) electrons. The molecule has 0 spiro atoms. The molecule has 0 heterocycles. The van der Waals surface area contributed by atoms with Gasteiger partial charge in [-0.3, -0.25) is 0 Å². The van der Waals surface area contributed by atoms with Crippen molar-refractivity contribution in [3.8, 4) is 11.5 Å². The van der Waals surface area contributed by atoms with E-state index in [1.807, 2.05) is 32.0 Å². The molecule has 3 nitrogen and oxygen atoms in total. The van der Waals surface area contributed by atoms with Crippen LogP contribution in [0.4, 0.5) is 0 Å². The summed E-state index contributed by atoms with van der Waals surface area (Å²) in [6.45, 7) is 22.0. The molecule has 3 heteroatoms. The Kier molecular flexibility index (Phi) is 14.2. The molecule has 2 aromatic carbocycles. The number of benzene rings is 2. The molecule has 2 rings (SSSR count). The molecule has 0 aliphatic heterocycles. The van der Waals surface area contributed by atoms with Gasteiger partial charge in [-0.25, -0.2) is 4.79 Å². The van der Waals surface area contributed by atoms with Crippen molar-refractivity contribution in [3.63, 3.8) is 0 Å². The number of ether oxygens (including phenoxy) is 2. The molecule has 0 saturated heterocycles. The minimum Gasteiger partial charge on any atom is -0.489 e. The molecule has 0 atom stereocenters. The Balaban J connectivity index is 0.00000105. The third-order valence-corrected chi connectivity index (χ3v) is 4.02. The fourth-order valence-electron chi connectivity index (χ4n) is 2.01. The number of esters is 1. The van der Waals surface area contributed by atoms with Crippen molar-refractivity contribution in [2.24, 2.45) is 5.92 Å². The molecule has 0 aliphatic carbocycles. The highest BCUT2D eigenvalue weighted by atomic mass is 16.5. The SMILES string of the molecule is C=CC(=O)Oc1ccc(OCc2ccc(C=C)c(C=C)c2)cc1.CC.CCC(C)C. The van der Waals surface area contributed by atoms with Crippen LogP contribution in [0.25, 0.3) is 12.2 Å². The van der Waals surface area contributed by atoms with E-state index >= 15 is 0 Å². The molecule has 0 aliphatic rings. The zero-order valence-corrected chi connectivity index (χ0v) is 19.1. The average molecular weight is 409 g/mol. The van der Waals surface area contributed by atoms with Crippen LogP contribution in [-0.4, -0.2) is 5.97 Å². The fourth-order valence-corrected chi connectivity index (χ4v) is 2.01. The van der Waals surface area contributed by atoms with Gasteiger partial charge >= 0.3 is 5.97 Å². The Morgan fingerprint density at radius 1 is 0.933 bits per heavy atom. The second-order valence-electron chi connectivity index (χ2n) is 6.56. The van der Waals surface area contributed by atoms with Gasteiger partial charge in [0.2, 0.25) is 0 Å². The van der Waals surface area contributed by atoms with E-state index in [2.05, 4.69) is 40.5 Å². The van der Waals surface area contributed by atoms with Crippen LogP contribution >= 0.6 is 0 Å². The predicted octanol–water partition coefficient (Wildman–Crippen LogP) is 7.72. The van der Waals surface area contributed by atoms with Crippen LogP contribution < -0.4 is 9.47 Å². The third-order valence-electron chi connectivity index (χ3n) is 4.02. The second kappa shape index (κ2) is 15.8. The molecule has 0 amide bonds. The molecular weight excluding hydrogens is 372 g/mol. The Hall–Kier alpha value is -3.07. The minimum absolute atomic E-state index is 0.435. The van der Waals surface area contributed by atoms with Gasteiger partial charge in [0.05, 0.1) is 0 Å². The topological polar surface area (TPSA) is 35.5 Å². The third kappa shape index (κ3) is 10.5. The number of hydrogen-bond donors (Lipinski definition) is 0. The maximum absolute atomic E-state index is 11.1. The van der Waals surface area contributed by atoms with Gasteiger partial charge in [-0.15, -0.1) is 0 Å². The summed E-state index contributed by atoms with van der Waals surface area (Å²) in [5.74, 6) is 1.54. The van der Waals surface area contributed by atoms with E-state index in [-0.39, 0.29) is 0 Å². The first kappa shape index (κ1) is 26.9. The lowest BCUT2D eigenvalue weighted by molar-refractivity contribution is -0.128. The van der Waals surface area contributed by atoms with Crippen LogP contribution in [0.5, 0.6) is 11.5 Å². The zero-order valence-electron chi connectivity index (χ0n) is 19.1. The molecule has 0 fully saturated rings. The standard InChI is InChI=1S/C20H18O3.C5H12.C2H6/c1-4-16-8-7-15(13-17(16)5-2)14-22-18-9-11-19(12-10-18)23-20(21)6-3;1-4-5(2)3;1-2/h4-13H,1-3,14H2;5H,4H2,1-3H3;1-2H3. The molecule has 0 N–H and O–H groups in total. The first-order valence-corrected chi connectivity index (χ1v) is 10.4. The monoisotopic (exact) mass is 408 g/mol. The summed E-state index contributed by atoms with van der Waals surface area (Å²) in [6, 6.07) is 12.8. The van der Waals surface area contributed by atoms with Crippen LogP contribution in [0.3, 0.4) is 0 Å². The van der Waals surface area contributed by atoms with Crippen molar-refractivity contribution in [3.05, 3.63) is 85.0 Å². The maximum Gasteiger partial charge on any atom is 0.335 e. The highest BCUT2D eigenvalue weighted by Crippen LogP contribution is 2.20. The normalized spacial score (nSPS) is 9.27. The minimum atomic E-state index is -0.488. The summed E-state index contributed by atoms with van der Waals surface area (Å²) in [4.78, 5) is 11.1. The van der Waals surface area contributed by atoms with E-state index in [1.165, 1.54) is 6.42 Å². The van der Waals surface area contributed by atoms with Crippen LogP contribution in [0, 0.1) is 5.92 Å². The molecule has 0 unspecified atom stereocenters. The summed E-state index contributed by atoms with van der Waals surface area (Å²) >= 11 is 0. The lowest BCUT2D eigenvalue weighted by atomic mass is 10.0. The number of rotatable bonds is 8. The number of hydrogen-bond acceptors (Lipinski definition) is 3. The van der Waals surface area contributed by atoms with Crippen molar-refractivity contribution in [1.29, 1.82) is 0 Å². The Labute approximate surface area is 182 Å². The van der Waals surface area contributed by atoms with Gasteiger partial charge in [-0.1, -0.05) is 85.1 Å². The van der Waals surface area contributed by atoms with Gasteiger partial charge in [0.15, 0.2) is 0 Å². The molecule has 162 valence electrons. The maximum atomic E-state index is 11.1. The Bertz CT molecular complexity index is 786. The van der Waals surface area contributed by atoms with E-state index < -0.39 is 5.97 Å². The number of carbonyl (C=O) groups is 1. The molecule has 2 aromatic rings. The van der Waals surface area contributed by atoms with Gasteiger partial charge < -0.3 is 9.47 Å².